The van der Waals surface area contributed by atoms with E-state index in [1.54, 1.807) is 0 Å². The molecule has 4 heteroatoms. The van der Waals surface area contributed by atoms with Crippen molar-refractivity contribution in [1.29, 1.82) is 0 Å². The van der Waals surface area contributed by atoms with Crippen molar-refractivity contribution in [2.75, 3.05) is 6.54 Å². The molecule has 0 unspecified atom stereocenters. The zero-order valence-electron chi connectivity index (χ0n) is 7.04. The van der Waals surface area contributed by atoms with E-state index in [0.29, 0.717) is 0 Å². The lowest BCUT2D eigenvalue weighted by molar-refractivity contribution is 0.250. The molecule has 1 aliphatic heterocycles. The van der Waals surface area contributed by atoms with Crippen molar-refractivity contribution < 1.29 is 5.21 Å². The third-order valence-corrected chi connectivity index (χ3v) is 2.28. The van der Waals surface area contributed by atoms with Crippen LogP contribution in [-0.4, -0.2) is 28.2 Å². The molecule has 0 bridgehead atoms. The Hall–Kier alpha value is -0.930. The fraction of sp³-hybridized carbons (Fsp3) is 0.857. The molecule has 0 aliphatic carbocycles. The summed E-state index contributed by atoms with van der Waals surface area (Å²) in [7, 11) is 0. The second-order valence-corrected chi connectivity index (χ2v) is 3.53. The molecule has 1 saturated heterocycles. The van der Waals surface area contributed by atoms with E-state index in [2.05, 4.69) is 19.0 Å². The number of rotatable bonds is 0. The van der Waals surface area contributed by atoms with E-state index in [-0.39, 0.29) is 11.5 Å². The Morgan fingerprint density at radius 1 is 1.64 bits per heavy atom. The van der Waals surface area contributed by atoms with Crippen molar-refractivity contribution in [3.63, 3.8) is 0 Å². The molecule has 0 atom stereocenters. The summed E-state index contributed by atoms with van der Waals surface area (Å²) in [4.78, 5) is 1.92. The first-order valence-electron chi connectivity index (χ1n) is 3.83. The van der Waals surface area contributed by atoms with E-state index in [0.717, 1.165) is 19.4 Å². The number of hydrogen-bond donors (Lipinski definition) is 2. The van der Waals surface area contributed by atoms with Crippen LogP contribution in [0, 0.1) is 0 Å². The number of hydrogen-bond acceptors (Lipinski definition) is 2. The second kappa shape index (κ2) is 2.60. The minimum atomic E-state index is 0.0519. The highest BCUT2D eigenvalue weighted by atomic mass is 16.4. The molecule has 0 spiro atoms. The van der Waals surface area contributed by atoms with Crippen molar-refractivity contribution >= 4 is 5.96 Å². The summed E-state index contributed by atoms with van der Waals surface area (Å²) in [5, 5.41) is 11.4. The van der Waals surface area contributed by atoms with Gasteiger partial charge in [-0.2, -0.15) is 0 Å². The predicted molar refractivity (Wildman–Crippen MR) is 43.4 cm³/mol. The monoisotopic (exact) mass is 157 g/mol. The predicted octanol–water partition coefficient (Wildman–Crippen LogP) is 0.565. The molecule has 64 valence electrons. The number of nitrogens with zero attached hydrogens (tertiary/aromatic N) is 2. The molecule has 4 nitrogen and oxygen atoms in total. The largest absolute Gasteiger partial charge is 0.408 e. The molecule has 1 heterocycles. The molecule has 1 aliphatic rings. The molecular formula is C7H15N3O. The van der Waals surface area contributed by atoms with Crippen LogP contribution in [0.1, 0.15) is 26.7 Å². The summed E-state index contributed by atoms with van der Waals surface area (Å²) in [6, 6.07) is 0. The highest BCUT2D eigenvalue weighted by Gasteiger charge is 2.33. The second-order valence-electron chi connectivity index (χ2n) is 3.53. The van der Waals surface area contributed by atoms with Crippen LogP contribution in [0.5, 0.6) is 0 Å². The molecule has 0 saturated carbocycles. The van der Waals surface area contributed by atoms with Gasteiger partial charge in [0.25, 0.3) is 0 Å². The highest BCUT2D eigenvalue weighted by Crippen LogP contribution is 2.27. The van der Waals surface area contributed by atoms with Crippen molar-refractivity contribution in [2.24, 2.45) is 10.9 Å². The van der Waals surface area contributed by atoms with Gasteiger partial charge in [0, 0.05) is 12.1 Å². The van der Waals surface area contributed by atoms with Crippen LogP contribution in [0.25, 0.3) is 0 Å². The first-order valence-corrected chi connectivity index (χ1v) is 3.83. The van der Waals surface area contributed by atoms with Gasteiger partial charge in [-0.15, -0.1) is 0 Å². The van der Waals surface area contributed by atoms with Gasteiger partial charge in [0.15, 0.2) is 0 Å². The Labute approximate surface area is 66.7 Å². The van der Waals surface area contributed by atoms with Gasteiger partial charge >= 0.3 is 0 Å². The lowest BCUT2D eigenvalue weighted by atomic mass is 10.0. The van der Waals surface area contributed by atoms with Crippen LogP contribution in [0.2, 0.25) is 0 Å². The SMILES string of the molecule is CC1(C)CCCN1/C(N)=N/O. The lowest BCUT2D eigenvalue weighted by Gasteiger charge is -2.31. The van der Waals surface area contributed by atoms with Gasteiger partial charge in [0.05, 0.1) is 0 Å². The maximum atomic E-state index is 8.45. The number of nitrogens with two attached hydrogens (primary N) is 1. The van der Waals surface area contributed by atoms with Gasteiger partial charge in [-0.05, 0) is 26.7 Å². The van der Waals surface area contributed by atoms with Crippen LogP contribution < -0.4 is 5.73 Å². The standard InChI is InChI=1S/C7H15N3O/c1-7(2)4-3-5-10(7)6(8)9-11/h11H,3-5H2,1-2H3,(H2,8,9). The van der Waals surface area contributed by atoms with E-state index < -0.39 is 0 Å². The Morgan fingerprint density at radius 3 is 2.64 bits per heavy atom. The Morgan fingerprint density at radius 2 is 2.27 bits per heavy atom. The fourth-order valence-electron chi connectivity index (χ4n) is 1.59. The van der Waals surface area contributed by atoms with Crippen LogP contribution in [0.3, 0.4) is 0 Å². The Bertz CT molecular complexity index is 177. The van der Waals surface area contributed by atoms with Crippen LogP contribution in [0.15, 0.2) is 5.16 Å². The zero-order chi connectivity index (χ0) is 8.48. The first kappa shape index (κ1) is 8.17. The van der Waals surface area contributed by atoms with E-state index in [1.165, 1.54) is 0 Å². The molecule has 0 amide bonds. The van der Waals surface area contributed by atoms with Gasteiger partial charge in [0.2, 0.25) is 5.96 Å². The van der Waals surface area contributed by atoms with Crippen LogP contribution in [-0.2, 0) is 0 Å². The molecule has 1 rings (SSSR count). The fourth-order valence-corrected chi connectivity index (χ4v) is 1.59. The maximum Gasteiger partial charge on any atom is 0.233 e. The summed E-state index contributed by atoms with van der Waals surface area (Å²) in [6.07, 6.45) is 2.21. The summed E-state index contributed by atoms with van der Waals surface area (Å²) in [5.41, 5.74) is 5.53. The van der Waals surface area contributed by atoms with Gasteiger partial charge < -0.3 is 15.8 Å². The average Bonchev–Trinajstić information content (AvgIpc) is 2.28. The zero-order valence-corrected chi connectivity index (χ0v) is 7.04. The Balaban J connectivity index is 2.73. The van der Waals surface area contributed by atoms with E-state index in [4.69, 9.17) is 10.9 Å². The molecule has 0 aromatic rings. The van der Waals surface area contributed by atoms with Gasteiger partial charge in [-0.3, -0.25) is 0 Å². The quantitative estimate of drug-likeness (QED) is 0.234. The average molecular weight is 157 g/mol. The maximum absolute atomic E-state index is 8.45. The molecular weight excluding hydrogens is 142 g/mol. The third-order valence-electron chi connectivity index (χ3n) is 2.28. The normalized spacial score (nSPS) is 24.2. The summed E-state index contributed by atoms with van der Waals surface area (Å²) in [6.45, 7) is 5.08. The van der Waals surface area contributed by atoms with Crippen LogP contribution in [0.4, 0.5) is 0 Å². The van der Waals surface area contributed by atoms with E-state index in [1.807, 2.05) is 4.90 Å². The van der Waals surface area contributed by atoms with Crippen molar-refractivity contribution in [3.05, 3.63) is 0 Å². The molecule has 3 N–H and O–H groups in total. The molecule has 0 aromatic heterocycles. The summed E-state index contributed by atoms with van der Waals surface area (Å²) >= 11 is 0. The first-order chi connectivity index (χ1) is 5.08. The topological polar surface area (TPSA) is 61.8 Å². The lowest BCUT2D eigenvalue weighted by Crippen LogP contribution is -2.46. The van der Waals surface area contributed by atoms with Crippen molar-refractivity contribution in [2.45, 2.75) is 32.2 Å². The number of guanidine groups is 1. The minimum Gasteiger partial charge on any atom is -0.408 e. The molecule has 0 aromatic carbocycles. The smallest absolute Gasteiger partial charge is 0.233 e. The van der Waals surface area contributed by atoms with E-state index in [9.17, 15) is 0 Å². The highest BCUT2D eigenvalue weighted by molar-refractivity contribution is 5.78. The van der Waals surface area contributed by atoms with Crippen molar-refractivity contribution in [1.82, 2.24) is 4.90 Å². The van der Waals surface area contributed by atoms with E-state index >= 15 is 0 Å². The summed E-state index contributed by atoms with van der Waals surface area (Å²) < 4.78 is 0. The third kappa shape index (κ3) is 1.39. The van der Waals surface area contributed by atoms with Crippen molar-refractivity contribution in [3.8, 4) is 0 Å². The molecule has 1 fully saturated rings. The number of oxime groups is 1. The minimum absolute atomic E-state index is 0.0519. The molecule has 0 radical (unpaired) electrons. The summed E-state index contributed by atoms with van der Waals surface area (Å²) in [5.74, 6) is 0.229. The van der Waals surface area contributed by atoms with Gasteiger partial charge in [0.1, 0.15) is 0 Å². The Kier molecular flexibility index (Phi) is 1.93. The van der Waals surface area contributed by atoms with Crippen LogP contribution >= 0.6 is 0 Å². The number of likely N-dealkylation sites (tertiary alicyclic amines) is 1. The van der Waals surface area contributed by atoms with Gasteiger partial charge in [-0.1, -0.05) is 5.16 Å². The molecule has 11 heavy (non-hydrogen) atoms. The van der Waals surface area contributed by atoms with Gasteiger partial charge in [-0.25, -0.2) is 0 Å².